The standard InChI is InChI=1S/C23H21NO5.C5H9NO/c1-15-9-10-18(22(24-15)23(26)28-3)19-12-20(27-2)21(11-17(19)13-25)29-14-16-7-5-4-6-8-16;7-4-6-3-5-1-2-5/h4-13H,14H2,1-3H3;4-5H,1-3H2,(H,6,7). The normalized spacial score (nSPS) is 12.0. The first-order valence-electron chi connectivity index (χ1n) is 11.6. The fourth-order valence-corrected chi connectivity index (χ4v) is 3.48. The number of aryl methyl sites for hydroxylation is 1. The molecule has 1 heterocycles. The van der Waals surface area contributed by atoms with Gasteiger partial charge in [0.25, 0.3) is 0 Å². The van der Waals surface area contributed by atoms with Gasteiger partial charge in [0.15, 0.2) is 23.5 Å². The van der Waals surface area contributed by atoms with Crippen molar-refractivity contribution in [2.75, 3.05) is 20.8 Å². The van der Waals surface area contributed by atoms with Gasteiger partial charge in [-0.1, -0.05) is 36.4 Å². The molecule has 1 fully saturated rings. The van der Waals surface area contributed by atoms with Gasteiger partial charge >= 0.3 is 5.97 Å². The third-order valence-electron chi connectivity index (χ3n) is 5.59. The number of hydrogen-bond acceptors (Lipinski definition) is 7. The molecule has 1 amide bonds. The Bertz CT molecular complexity index is 1190. The molecule has 1 N–H and O–H groups in total. The third-order valence-corrected chi connectivity index (χ3v) is 5.59. The van der Waals surface area contributed by atoms with Crippen molar-refractivity contribution in [1.29, 1.82) is 0 Å². The largest absolute Gasteiger partial charge is 0.493 e. The molecule has 188 valence electrons. The second-order valence-electron chi connectivity index (χ2n) is 8.29. The highest BCUT2D eigenvalue weighted by Crippen LogP contribution is 2.37. The topological polar surface area (TPSA) is 104 Å². The van der Waals surface area contributed by atoms with Gasteiger partial charge in [0.2, 0.25) is 6.41 Å². The number of aldehydes is 1. The van der Waals surface area contributed by atoms with E-state index in [4.69, 9.17) is 14.2 Å². The van der Waals surface area contributed by atoms with Crippen LogP contribution in [0.25, 0.3) is 11.1 Å². The Morgan fingerprint density at radius 2 is 1.78 bits per heavy atom. The average Bonchev–Trinajstić information content (AvgIpc) is 3.75. The van der Waals surface area contributed by atoms with Gasteiger partial charge in [-0.05, 0) is 55.0 Å². The number of carbonyl (C=O) groups excluding carboxylic acids is 3. The number of carbonyl (C=O) groups is 3. The van der Waals surface area contributed by atoms with Crippen LogP contribution in [0.1, 0.15) is 44.9 Å². The lowest BCUT2D eigenvalue weighted by molar-refractivity contribution is -0.109. The molecule has 0 saturated heterocycles. The molecule has 1 saturated carbocycles. The summed E-state index contributed by atoms with van der Waals surface area (Å²) in [6.07, 6.45) is 4.09. The summed E-state index contributed by atoms with van der Waals surface area (Å²) < 4.78 is 16.2. The average molecular weight is 491 g/mol. The monoisotopic (exact) mass is 490 g/mol. The summed E-state index contributed by atoms with van der Waals surface area (Å²) in [7, 11) is 2.81. The van der Waals surface area contributed by atoms with Gasteiger partial charge in [0.05, 0.1) is 14.2 Å². The van der Waals surface area contributed by atoms with Crippen LogP contribution in [-0.4, -0.2) is 44.4 Å². The van der Waals surface area contributed by atoms with E-state index >= 15 is 0 Å². The number of ether oxygens (including phenoxy) is 3. The number of nitrogens with zero attached hydrogens (tertiary/aromatic N) is 1. The van der Waals surface area contributed by atoms with E-state index in [2.05, 4.69) is 10.3 Å². The molecule has 0 bridgehead atoms. The molecular weight excluding hydrogens is 460 g/mol. The highest BCUT2D eigenvalue weighted by atomic mass is 16.5. The highest BCUT2D eigenvalue weighted by Gasteiger charge is 2.21. The van der Waals surface area contributed by atoms with Crippen LogP contribution in [0.5, 0.6) is 11.5 Å². The van der Waals surface area contributed by atoms with E-state index in [0.717, 1.165) is 24.4 Å². The zero-order valence-corrected chi connectivity index (χ0v) is 20.7. The van der Waals surface area contributed by atoms with E-state index in [0.29, 0.717) is 46.8 Å². The molecule has 8 nitrogen and oxygen atoms in total. The molecule has 1 aromatic heterocycles. The van der Waals surface area contributed by atoms with Crippen molar-refractivity contribution in [2.24, 2.45) is 5.92 Å². The molecule has 0 atom stereocenters. The molecule has 0 unspecified atom stereocenters. The van der Waals surface area contributed by atoms with Gasteiger partial charge in [-0.3, -0.25) is 9.59 Å². The van der Waals surface area contributed by atoms with E-state index < -0.39 is 5.97 Å². The van der Waals surface area contributed by atoms with Gasteiger partial charge in [-0.25, -0.2) is 9.78 Å². The number of rotatable bonds is 10. The molecule has 8 heteroatoms. The summed E-state index contributed by atoms with van der Waals surface area (Å²) in [4.78, 5) is 37.9. The Labute approximate surface area is 210 Å². The van der Waals surface area contributed by atoms with Crippen molar-refractivity contribution >= 4 is 18.7 Å². The summed E-state index contributed by atoms with van der Waals surface area (Å²) in [5.74, 6) is 1.11. The van der Waals surface area contributed by atoms with Crippen molar-refractivity contribution in [3.8, 4) is 22.6 Å². The smallest absolute Gasteiger partial charge is 0.357 e. The fourth-order valence-electron chi connectivity index (χ4n) is 3.48. The van der Waals surface area contributed by atoms with Crippen LogP contribution in [0.3, 0.4) is 0 Å². The van der Waals surface area contributed by atoms with Crippen LogP contribution in [0, 0.1) is 12.8 Å². The Kier molecular flexibility index (Phi) is 9.56. The van der Waals surface area contributed by atoms with E-state index in [1.807, 2.05) is 30.3 Å². The molecule has 36 heavy (non-hydrogen) atoms. The van der Waals surface area contributed by atoms with Crippen LogP contribution in [-0.2, 0) is 16.1 Å². The van der Waals surface area contributed by atoms with Gasteiger partial charge in [-0.15, -0.1) is 0 Å². The Morgan fingerprint density at radius 1 is 1.03 bits per heavy atom. The Balaban J connectivity index is 0.000000444. The lowest BCUT2D eigenvalue weighted by Gasteiger charge is -2.16. The summed E-state index contributed by atoms with van der Waals surface area (Å²) >= 11 is 0. The zero-order chi connectivity index (χ0) is 25.9. The molecule has 4 rings (SSSR count). The number of esters is 1. The maximum atomic E-state index is 12.2. The molecule has 0 aliphatic heterocycles. The molecule has 1 aliphatic rings. The van der Waals surface area contributed by atoms with Crippen LogP contribution >= 0.6 is 0 Å². The molecule has 2 aromatic carbocycles. The Morgan fingerprint density at radius 3 is 2.39 bits per heavy atom. The first-order chi connectivity index (χ1) is 17.5. The van der Waals surface area contributed by atoms with Gasteiger partial charge in [0.1, 0.15) is 6.61 Å². The van der Waals surface area contributed by atoms with Crippen LogP contribution in [0.2, 0.25) is 0 Å². The quantitative estimate of drug-likeness (QED) is 0.332. The molecule has 3 aromatic rings. The number of nitrogens with one attached hydrogen (secondary N) is 1. The van der Waals surface area contributed by atoms with E-state index in [1.165, 1.54) is 27.1 Å². The number of methoxy groups -OCH3 is 2. The van der Waals surface area contributed by atoms with Crippen LogP contribution in [0.4, 0.5) is 0 Å². The minimum atomic E-state index is -0.580. The van der Waals surface area contributed by atoms with Crippen molar-refractivity contribution < 1.29 is 28.6 Å². The first-order valence-corrected chi connectivity index (χ1v) is 11.6. The van der Waals surface area contributed by atoms with E-state index in [1.54, 1.807) is 31.2 Å². The third kappa shape index (κ3) is 7.15. The summed E-state index contributed by atoms with van der Waals surface area (Å²) in [6.45, 7) is 3.00. The van der Waals surface area contributed by atoms with Gasteiger partial charge in [-0.2, -0.15) is 0 Å². The predicted octanol–water partition coefficient (Wildman–Crippen LogP) is 4.39. The second kappa shape index (κ2) is 13.0. The Hall–Kier alpha value is -4.20. The van der Waals surface area contributed by atoms with Crippen molar-refractivity contribution in [3.05, 3.63) is 77.1 Å². The molecule has 0 spiro atoms. The van der Waals surface area contributed by atoms with Crippen molar-refractivity contribution in [3.63, 3.8) is 0 Å². The number of aromatic nitrogens is 1. The number of hydrogen-bond donors (Lipinski definition) is 1. The summed E-state index contributed by atoms with van der Waals surface area (Å²) in [6, 6.07) is 16.4. The lowest BCUT2D eigenvalue weighted by atomic mass is 9.97. The second-order valence-corrected chi connectivity index (χ2v) is 8.29. The zero-order valence-electron chi connectivity index (χ0n) is 20.7. The predicted molar refractivity (Wildman–Crippen MR) is 135 cm³/mol. The fraction of sp³-hybridized carbons (Fsp3) is 0.286. The van der Waals surface area contributed by atoms with Crippen molar-refractivity contribution in [1.82, 2.24) is 10.3 Å². The van der Waals surface area contributed by atoms with Gasteiger partial charge in [0, 0.05) is 23.4 Å². The molecular formula is C28H30N2O6. The molecule has 0 radical (unpaired) electrons. The summed E-state index contributed by atoms with van der Waals surface area (Å²) in [5, 5.41) is 2.63. The molecule has 1 aliphatic carbocycles. The van der Waals surface area contributed by atoms with E-state index in [-0.39, 0.29) is 5.69 Å². The maximum Gasteiger partial charge on any atom is 0.357 e. The highest BCUT2D eigenvalue weighted by molar-refractivity contribution is 5.99. The first kappa shape index (κ1) is 26.4. The minimum absolute atomic E-state index is 0.135. The van der Waals surface area contributed by atoms with Crippen molar-refractivity contribution in [2.45, 2.75) is 26.4 Å². The lowest BCUT2D eigenvalue weighted by Crippen LogP contribution is -2.13. The number of benzene rings is 2. The van der Waals surface area contributed by atoms with Crippen LogP contribution < -0.4 is 14.8 Å². The summed E-state index contributed by atoms with van der Waals surface area (Å²) in [5.41, 5.74) is 3.13. The maximum absolute atomic E-state index is 12.2. The van der Waals surface area contributed by atoms with Crippen LogP contribution in [0.15, 0.2) is 54.6 Å². The number of amides is 1. The SMILES string of the molecule is COC(=O)c1nc(C)ccc1-c1cc(OC)c(OCc2ccccc2)cc1C=O.O=CNCC1CC1. The number of pyridine rings is 1. The van der Waals surface area contributed by atoms with Gasteiger partial charge < -0.3 is 19.5 Å². The van der Waals surface area contributed by atoms with E-state index in [9.17, 15) is 14.4 Å². The minimum Gasteiger partial charge on any atom is -0.493 e.